The van der Waals surface area contributed by atoms with E-state index in [2.05, 4.69) is 4.74 Å². The molecule has 0 spiro atoms. The van der Waals surface area contributed by atoms with Crippen molar-refractivity contribution >= 4 is 0 Å². The Morgan fingerprint density at radius 3 is 2.20 bits per heavy atom. The van der Waals surface area contributed by atoms with Gasteiger partial charge in [0.05, 0.1) is 13.5 Å². The molecule has 1 atom stereocenters. The highest BCUT2D eigenvalue weighted by Gasteiger charge is 2.34. The molecule has 0 aromatic heterocycles. The molecule has 1 rings (SSSR count). The number of hydrogen-bond acceptors (Lipinski definition) is 3. The van der Waals surface area contributed by atoms with E-state index in [1.165, 1.54) is 7.11 Å². The third kappa shape index (κ3) is 5.16. The lowest BCUT2D eigenvalue weighted by Gasteiger charge is -2.18. The van der Waals surface area contributed by atoms with Crippen LogP contribution in [0.25, 0.3) is 0 Å². The van der Waals surface area contributed by atoms with Gasteiger partial charge in [0.1, 0.15) is 11.5 Å². The topological polar surface area (TPSA) is 44.5 Å². The van der Waals surface area contributed by atoms with Gasteiger partial charge in [-0.15, -0.1) is 13.2 Å². The van der Waals surface area contributed by atoms with Crippen molar-refractivity contribution in [1.29, 1.82) is 0 Å². The molecule has 0 aliphatic rings. The lowest BCUT2D eigenvalue weighted by molar-refractivity contribution is -0.274. The summed E-state index contributed by atoms with van der Waals surface area (Å²) in [5, 5.41) is 0. The summed E-state index contributed by atoms with van der Waals surface area (Å²) in [6.07, 6.45) is -10.9. The van der Waals surface area contributed by atoms with E-state index in [0.29, 0.717) is 0 Å². The summed E-state index contributed by atoms with van der Waals surface area (Å²) in [7, 11) is 1.17. The van der Waals surface area contributed by atoms with E-state index in [0.717, 1.165) is 18.2 Å². The van der Waals surface area contributed by atoms with Crippen LogP contribution in [0.3, 0.4) is 0 Å². The number of nitrogens with two attached hydrogens (primary N) is 1. The molecule has 20 heavy (non-hydrogen) atoms. The molecule has 9 heteroatoms. The van der Waals surface area contributed by atoms with Gasteiger partial charge in [-0.05, 0) is 18.2 Å². The van der Waals surface area contributed by atoms with Crippen LogP contribution < -0.4 is 15.2 Å². The van der Waals surface area contributed by atoms with Crippen LogP contribution in [0.5, 0.6) is 11.5 Å². The number of benzene rings is 1. The normalized spacial score (nSPS) is 14.0. The Morgan fingerprint density at radius 2 is 1.75 bits per heavy atom. The first kappa shape index (κ1) is 16.4. The second kappa shape index (κ2) is 5.78. The molecule has 0 aliphatic carbocycles. The molecule has 0 radical (unpaired) electrons. The van der Waals surface area contributed by atoms with Gasteiger partial charge in [-0.1, -0.05) is 0 Å². The highest BCUT2D eigenvalue weighted by Crippen LogP contribution is 2.35. The number of methoxy groups -OCH3 is 1. The third-order valence-corrected chi connectivity index (χ3v) is 2.29. The highest BCUT2D eigenvalue weighted by molar-refractivity contribution is 5.42. The second-order valence-corrected chi connectivity index (χ2v) is 3.88. The van der Waals surface area contributed by atoms with Crippen LogP contribution >= 0.6 is 0 Å². The Kier molecular flexibility index (Phi) is 4.74. The zero-order valence-corrected chi connectivity index (χ0v) is 10.2. The van der Waals surface area contributed by atoms with Gasteiger partial charge in [0.2, 0.25) is 0 Å². The van der Waals surface area contributed by atoms with Crippen molar-refractivity contribution in [3.63, 3.8) is 0 Å². The van der Waals surface area contributed by atoms with Gasteiger partial charge in [-0.3, -0.25) is 0 Å². The average molecular weight is 303 g/mol. The summed E-state index contributed by atoms with van der Waals surface area (Å²) in [5.74, 6) is -0.706. The number of alkyl halides is 6. The molecule has 0 bridgehead atoms. The number of ether oxygens (including phenoxy) is 2. The maximum absolute atomic E-state index is 12.3. The fourth-order valence-electron chi connectivity index (χ4n) is 1.56. The maximum Gasteiger partial charge on any atom is 0.573 e. The smallest absolute Gasteiger partial charge is 0.496 e. The van der Waals surface area contributed by atoms with Gasteiger partial charge >= 0.3 is 12.5 Å². The first-order valence-electron chi connectivity index (χ1n) is 5.28. The van der Waals surface area contributed by atoms with Crippen molar-refractivity contribution in [2.24, 2.45) is 5.73 Å². The SMILES string of the molecule is COc1ccc(OC(F)(F)F)cc1[C@H](N)CC(F)(F)F. The first-order chi connectivity index (χ1) is 9.02. The quantitative estimate of drug-likeness (QED) is 0.865. The molecule has 0 saturated carbocycles. The Labute approximate surface area is 110 Å². The van der Waals surface area contributed by atoms with Gasteiger partial charge in [0.15, 0.2) is 0 Å². The predicted octanol–water partition coefficient (Wildman–Crippen LogP) is 3.55. The van der Waals surface area contributed by atoms with E-state index in [4.69, 9.17) is 10.5 Å². The number of hydrogen-bond donors (Lipinski definition) is 1. The van der Waals surface area contributed by atoms with E-state index in [1.54, 1.807) is 0 Å². The Hall–Kier alpha value is -1.64. The molecule has 3 nitrogen and oxygen atoms in total. The standard InChI is InChI=1S/C11H11F6NO2/c1-19-9-3-2-6(20-11(15,16)17)4-7(9)8(18)5-10(12,13)14/h2-4,8H,5,18H2,1H3/t8-/m1/s1. The van der Waals surface area contributed by atoms with Crippen molar-refractivity contribution in [2.45, 2.75) is 25.0 Å². The van der Waals surface area contributed by atoms with E-state index < -0.39 is 30.8 Å². The van der Waals surface area contributed by atoms with Crippen molar-refractivity contribution < 1.29 is 35.8 Å². The molecule has 0 saturated heterocycles. The van der Waals surface area contributed by atoms with Crippen LogP contribution in [-0.4, -0.2) is 19.6 Å². The molecular weight excluding hydrogens is 292 g/mol. The summed E-state index contributed by atoms with van der Waals surface area (Å²) in [4.78, 5) is 0. The summed E-state index contributed by atoms with van der Waals surface area (Å²) in [6, 6.07) is 1.22. The van der Waals surface area contributed by atoms with Crippen LogP contribution in [0.2, 0.25) is 0 Å². The summed E-state index contributed by atoms with van der Waals surface area (Å²) < 4.78 is 81.4. The van der Waals surface area contributed by atoms with E-state index in [9.17, 15) is 26.3 Å². The van der Waals surface area contributed by atoms with Crippen LogP contribution in [0, 0.1) is 0 Å². The lowest BCUT2D eigenvalue weighted by atomic mass is 10.0. The fourth-order valence-corrected chi connectivity index (χ4v) is 1.56. The Morgan fingerprint density at radius 1 is 1.15 bits per heavy atom. The highest BCUT2D eigenvalue weighted by atomic mass is 19.4. The predicted molar refractivity (Wildman–Crippen MR) is 57.3 cm³/mol. The molecule has 114 valence electrons. The number of rotatable bonds is 4. The molecule has 1 aromatic carbocycles. The molecule has 0 heterocycles. The van der Waals surface area contributed by atoms with Crippen molar-refractivity contribution in [1.82, 2.24) is 0 Å². The van der Waals surface area contributed by atoms with Crippen LogP contribution in [0.15, 0.2) is 18.2 Å². The fraction of sp³-hybridized carbons (Fsp3) is 0.455. The van der Waals surface area contributed by atoms with Crippen LogP contribution in [0.1, 0.15) is 18.0 Å². The van der Waals surface area contributed by atoms with Gasteiger partial charge in [0.25, 0.3) is 0 Å². The van der Waals surface area contributed by atoms with E-state index in [-0.39, 0.29) is 11.3 Å². The van der Waals surface area contributed by atoms with Gasteiger partial charge < -0.3 is 15.2 Å². The average Bonchev–Trinajstić information content (AvgIpc) is 2.24. The Balaban J connectivity index is 3.05. The molecule has 1 aromatic rings. The molecule has 0 unspecified atom stereocenters. The third-order valence-electron chi connectivity index (χ3n) is 2.29. The number of halogens is 6. The summed E-state index contributed by atoms with van der Waals surface area (Å²) in [6.45, 7) is 0. The lowest BCUT2D eigenvalue weighted by Crippen LogP contribution is -2.21. The molecule has 2 N–H and O–H groups in total. The van der Waals surface area contributed by atoms with E-state index in [1.807, 2.05) is 0 Å². The monoisotopic (exact) mass is 303 g/mol. The molecular formula is C11H11F6NO2. The van der Waals surface area contributed by atoms with Crippen molar-refractivity contribution in [3.05, 3.63) is 23.8 Å². The van der Waals surface area contributed by atoms with Crippen LogP contribution in [0.4, 0.5) is 26.3 Å². The minimum absolute atomic E-state index is 0.0451. The second-order valence-electron chi connectivity index (χ2n) is 3.88. The van der Waals surface area contributed by atoms with E-state index >= 15 is 0 Å². The summed E-state index contributed by atoms with van der Waals surface area (Å²) in [5.41, 5.74) is 5.14. The minimum atomic E-state index is -4.94. The molecule has 0 aliphatic heterocycles. The zero-order chi connectivity index (χ0) is 15.6. The Bertz CT molecular complexity index is 457. The first-order valence-corrected chi connectivity index (χ1v) is 5.28. The zero-order valence-electron chi connectivity index (χ0n) is 10.2. The van der Waals surface area contributed by atoms with Gasteiger partial charge in [-0.25, -0.2) is 0 Å². The van der Waals surface area contributed by atoms with Crippen LogP contribution in [-0.2, 0) is 0 Å². The molecule has 0 fully saturated rings. The van der Waals surface area contributed by atoms with Crippen molar-refractivity contribution in [3.8, 4) is 11.5 Å². The van der Waals surface area contributed by atoms with Gasteiger partial charge in [-0.2, -0.15) is 13.2 Å². The van der Waals surface area contributed by atoms with Crippen molar-refractivity contribution in [2.75, 3.05) is 7.11 Å². The maximum atomic E-state index is 12.3. The summed E-state index contributed by atoms with van der Waals surface area (Å²) >= 11 is 0. The molecule has 0 amide bonds. The largest absolute Gasteiger partial charge is 0.573 e. The van der Waals surface area contributed by atoms with Gasteiger partial charge in [0, 0.05) is 11.6 Å². The minimum Gasteiger partial charge on any atom is -0.496 e.